The van der Waals surface area contributed by atoms with Gasteiger partial charge in [0.15, 0.2) is 5.75 Å². The molecular formula is C26H15F2NO4S. The van der Waals surface area contributed by atoms with Crippen LogP contribution in [0.5, 0.6) is 5.75 Å². The first-order valence-electron chi connectivity index (χ1n) is 10.1. The van der Waals surface area contributed by atoms with Gasteiger partial charge in [0.2, 0.25) is 0 Å². The van der Waals surface area contributed by atoms with Gasteiger partial charge in [0.1, 0.15) is 27.5 Å². The van der Waals surface area contributed by atoms with Crippen molar-refractivity contribution in [1.29, 1.82) is 0 Å². The highest BCUT2D eigenvalue weighted by molar-refractivity contribution is 7.99. The first-order chi connectivity index (χ1) is 16.4. The Balaban J connectivity index is 1.81. The fourth-order valence-corrected chi connectivity index (χ4v) is 4.53. The lowest BCUT2D eigenvalue weighted by molar-refractivity contribution is 0.446. The van der Waals surface area contributed by atoms with E-state index in [1.807, 2.05) is 6.07 Å². The van der Waals surface area contributed by atoms with Gasteiger partial charge in [-0.2, -0.15) is 0 Å². The van der Waals surface area contributed by atoms with Gasteiger partial charge >= 0.3 is 5.63 Å². The third-order valence-electron chi connectivity index (χ3n) is 5.18. The minimum Gasteiger partial charge on any atom is -0.505 e. The molecule has 0 aliphatic heterocycles. The maximum Gasteiger partial charge on any atom is 0.354 e. The molecule has 0 aliphatic carbocycles. The van der Waals surface area contributed by atoms with Crippen molar-refractivity contribution in [3.05, 3.63) is 117 Å². The maximum atomic E-state index is 13.7. The Hall–Kier alpha value is -4.17. The zero-order valence-corrected chi connectivity index (χ0v) is 18.2. The Kier molecular flexibility index (Phi) is 5.51. The van der Waals surface area contributed by atoms with E-state index >= 15 is 0 Å². The molecule has 5 nitrogen and oxygen atoms in total. The lowest BCUT2D eigenvalue weighted by atomic mass is 10.1. The van der Waals surface area contributed by atoms with E-state index in [0.29, 0.717) is 21.8 Å². The number of nitrogens with zero attached hydrogens (tertiary/aromatic N) is 1. The van der Waals surface area contributed by atoms with E-state index in [4.69, 9.17) is 4.42 Å². The van der Waals surface area contributed by atoms with Crippen LogP contribution < -0.4 is 11.2 Å². The summed E-state index contributed by atoms with van der Waals surface area (Å²) < 4.78 is 33.9. The third kappa shape index (κ3) is 3.88. The molecule has 0 saturated heterocycles. The Morgan fingerprint density at radius 3 is 2.26 bits per heavy atom. The van der Waals surface area contributed by atoms with Crippen LogP contribution in [0, 0.1) is 11.6 Å². The summed E-state index contributed by atoms with van der Waals surface area (Å²) in [5.74, 6) is -1.55. The van der Waals surface area contributed by atoms with Crippen molar-refractivity contribution in [3.63, 3.8) is 0 Å². The van der Waals surface area contributed by atoms with Crippen molar-refractivity contribution < 1.29 is 18.3 Å². The number of aromatic nitrogens is 1. The average molecular weight is 475 g/mol. The molecule has 168 valence electrons. The fourth-order valence-electron chi connectivity index (χ4n) is 3.65. The molecule has 0 fully saturated rings. The molecule has 0 spiro atoms. The topological polar surface area (TPSA) is 72.4 Å². The lowest BCUT2D eigenvalue weighted by Crippen LogP contribution is -2.21. The Labute approximate surface area is 195 Å². The molecule has 8 heteroatoms. The number of hydrogen-bond donors (Lipinski definition) is 1. The summed E-state index contributed by atoms with van der Waals surface area (Å²) in [7, 11) is 0. The average Bonchev–Trinajstić information content (AvgIpc) is 2.83. The zero-order valence-electron chi connectivity index (χ0n) is 17.4. The molecule has 0 aliphatic rings. The van der Waals surface area contributed by atoms with Gasteiger partial charge in [-0.25, -0.2) is 13.6 Å². The highest BCUT2D eigenvalue weighted by atomic mass is 32.2. The van der Waals surface area contributed by atoms with E-state index in [9.17, 15) is 23.5 Å². The highest BCUT2D eigenvalue weighted by Gasteiger charge is 2.22. The molecule has 5 aromatic rings. The molecule has 0 saturated carbocycles. The van der Waals surface area contributed by atoms with Gasteiger partial charge in [-0.3, -0.25) is 9.36 Å². The number of rotatable bonds is 4. The first-order valence-corrected chi connectivity index (χ1v) is 10.9. The first kappa shape index (κ1) is 21.7. The van der Waals surface area contributed by atoms with Crippen LogP contribution in [0.25, 0.3) is 27.9 Å². The zero-order chi connectivity index (χ0) is 23.8. The molecular weight excluding hydrogens is 460 g/mol. The molecule has 0 amide bonds. The smallest absolute Gasteiger partial charge is 0.354 e. The monoisotopic (exact) mass is 475 g/mol. The van der Waals surface area contributed by atoms with Crippen molar-refractivity contribution >= 4 is 22.7 Å². The second-order valence-corrected chi connectivity index (χ2v) is 8.46. The normalized spacial score (nSPS) is 11.1. The van der Waals surface area contributed by atoms with E-state index in [-0.39, 0.29) is 15.9 Å². The van der Waals surface area contributed by atoms with Gasteiger partial charge in [0.05, 0.1) is 5.69 Å². The van der Waals surface area contributed by atoms with Gasteiger partial charge in [0, 0.05) is 16.6 Å². The molecule has 2 heterocycles. The highest BCUT2D eigenvalue weighted by Crippen LogP contribution is 2.36. The fraction of sp³-hybridized carbons (Fsp3) is 0. The van der Waals surface area contributed by atoms with E-state index in [1.165, 1.54) is 53.1 Å². The summed E-state index contributed by atoms with van der Waals surface area (Å²) in [6.45, 7) is 0. The molecule has 3 aromatic carbocycles. The van der Waals surface area contributed by atoms with Crippen LogP contribution in [0.2, 0.25) is 0 Å². The summed E-state index contributed by atoms with van der Waals surface area (Å²) in [5.41, 5.74) is -0.239. The number of aromatic hydroxyl groups is 1. The predicted octanol–water partition coefficient (Wildman–Crippen LogP) is 5.75. The largest absolute Gasteiger partial charge is 0.505 e. The molecule has 1 N–H and O–H groups in total. The van der Waals surface area contributed by atoms with Crippen LogP contribution in [0.15, 0.2) is 109 Å². The molecule has 5 rings (SSSR count). The quantitative estimate of drug-likeness (QED) is 0.359. The molecule has 0 bridgehead atoms. The Morgan fingerprint density at radius 1 is 0.824 bits per heavy atom. The number of pyridine rings is 1. The van der Waals surface area contributed by atoms with E-state index < -0.39 is 28.6 Å². The molecule has 0 unspecified atom stereocenters. The van der Waals surface area contributed by atoms with Crippen LogP contribution in [-0.2, 0) is 0 Å². The van der Waals surface area contributed by atoms with Crippen LogP contribution in [0.4, 0.5) is 8.78 Å². The van der Waals surface area contributed by atoms with Crippen molar-refractivity contribution in [2.75, 3.05) is 0 Å². The SMILES string of the molecule is O=c1oc2cc(-c3ccccc3)n(-c3ccc(F)cc3)c(=O)c2c(O)c1Sc1cccc(F)c1. The third-order valence-corrected chi connectivity index (χ3v) is 6.24. The van der Waals surface area contributed by atoms with Crippen molar-refractivity contribution in [1.82, 2.24) is 4.57 Å². The van der Waals surface area contributed by atoms with Gasteiger partial charge < -0.3 is 9.52 Å². The maximum absolute atomic E-state index is 13.7. The van der Waals surface area contributed by atoms with Crippen molar-refractivity contribution in [2.24, 2.45) is 0 Å². The summed E-state index contributed by atoms with van der Waals surface area (Å²) in [6.07, 6.45) is 0. The van der Waals surface area contributed by atoms with Gasteiger partial charge in [-0.1, -0.05) is 48.2 Å². The Morgan fingerprint density at radius 2 is 1.56 bits per heavy atom. The van der Waals surface area contributed by atoms with Crippen LogP contribution in [0.3, 0.4) is 0 Å². The summed E-state index contributed by atoms with van der Waals surface area (Å²) in [4.78, 5) is 26.5. The van der Waals surface area contributed by atoms with Crippen molar-refractivity contribution in [2.45, 2.75) is 9.79 Å². The minimum atomic E-state index is -0.864. The van der Waals surface area contributed by atoms with Crippen LogP contribution in [0.1, 0.15) is 0 Å². The summed E-state index contributed by atoms with van der Waals surface area (Å²) in [6, 6.07) is 21.2. The lowest BCUT2D eigenvalue weighted by Gasteiger charge is -2.15. The number of halogens is 2. The minimum absolute atomic E-state index is 0.103. The molecule has 0 radical (unpaired) electrons. The van der Waals surface area contributed by atoms with E-state index in [0.717, 1.165) is 11.8 Å². The molecule has 2 aromatic heterocycles. The van der Waals surface area contributed by atoms with Crippen LogP contribution in [-0.4, -0.2) is 9.67 Å². The number of benzene rings is 3. The van der Waals surface area contributed by atoms with Crippen LogP contribution >= 0.6 is 11.8 Å². The second-order valence-electron chi connectivity index (χ2n) is 7.38. The second kappa shape index (κ2) is 8.64. The van der Waals surface area contributed by atoms with Gasteiger partial charge in [-0.15, -0.1) is 0 Å². The summed E-state index contributed by atoms with van der Waals surface area (Å²) in [5, 5.41) is 10.8. The predicted molar refractivity (Wildman–Crippen MR) is 126 cm³/mol. The standard InChI is InChI=1S/C26H15F2NO4S/c27-16-9-11-18(12-10-16)29-20(15-5-2-1-3-6-15)14-21-22(25(29)31)23(30)24(26(32)33-21)34-19-8-4-7-17(28)13-19/h1-14,30H. The Bertz CT molecular complexity index is 1640. The summed E-state index contributed by atoms with van der Waals surface area (Å²) >= 11 is 0.789. The number of hydrogen-bond acceptors (Lipinski definition) is 5. The molecule has 34 heavy (non-hydrogen) atoms. The number of fused-ring (bicyclic) bond motifs is 1. The van der Waals surface area contributed by atoms with Gasteiger partial charge in [0.25, 0.3) is 5.56 Å². The van der Waals surface area contributed by atoms with Crippen molar-refractivity contribution in [3.8, 4) is 22.7 Å². The van der Waals surface area contributed by atoms with Gasteiger partial charge in [-0.05, 0) is 48.0 Å². The van der Waals surface area contributed by atoms with E-state index in [2.05, 4.69) is 0 Å². The molecule has 0 atom stereocenters. The van der Waals surface area contributed by atoms with E-state index in [1.54, 1.807) is 30.3 Å².